The van der Waals surface area contributed by atoms with Gasteiger partial charge in [-0.3, -0.25) is 10.1 Å². The number of rotatable bonds is 4. The molecule has 0 N–H and O–H groups in total. The molecule has 0 saturated heterocycles. The van der Waals surface area contributed by atoms with Crippen molar-refractivity contribution in [2.75, 3.05) is 0 Å². The van der Waals surface area contributed by atoms with Gasteiger partial charge in [-0.25, -0.2) is 0 Å². The van der Waals surface area contributed by atoms with E-state index in [1.807, 2.05) is 54.7 Å². The first kappa shape index (κ1) is 14.4. The van der Waals surface area contributed by atoms with Crippen LogP contribution < -0.4 is 0 Å². The largest absolute Gasteiger partial charge is 0.342 e. The monoisotopic (exact) mass is 312 g/mol. The molecule has 0 saturated carbocycles. The topological polar surface area (TPSA) is 48.1 Å². The average Bonchev–Trinajstić information content (AvgIpc) is 2.86. The van der Waals surface area contributed by atoms with Gasteiger partial charge in [-0.05, 0) is 23.8 Å². The molecule has 0 aliphatic rings. The summed E-state index contributed by atoms with van der Waals surface area (Å²) in [5.41, 5.74) is 3.00. The van der Waals surface area contributed by atoms with Crippen LogP contribution in [0.1, 0.15) is 11.1 Å². The summed E-state index contributed by atoms with van der Waals surface area (Å²) in [6.07, 6.45) is 4.42. The van der Waals surface area contributed by atoms with E-state index >= 15 is 0 Å². The number of hydrogen-bond donors (Lipinski definition) is 0. The third kappa shape index (κ3) is 3.02. The number of fused-ring (bicyclic) bond motifs is 1. The molecule has 22 heavy (non-hydrogen) atoms. The van der Waals surface area contributed by atoms with Crippen LogP contribution in [-0.4, -0.2) is 9.49 Å². The standard InChI is InChI=1S/C17H13ClN2O2/c18-15-7-5-13(6-8-15)11-19-12-14(9-10-20(21)22)16-3-1-2-4-17(16)19/h1-10,12H,11H2/b10-9+. The van der Waals surface area contributed by atoms with Crippen LogP contribution in [-0.2, 0) is 6.54 Å². The molecule has 0 aliphatic heterocycles. The third-order valence-corrected chi connectivity index (χ3v) is 3.71. The van der Waals surface area contributed by atoms with Gasteiger partial charge in [0.05, 0.1) is 4.92 Å². The molecule has 0 spiro atoms. The predicted molar refractivity (Wildman–Crippen MR) is 88.5 cm³/mol. The first-order chi connectivity index (χ1) is 10.6. The van der Waals surface area contributed by atoms with E-state index in [0.717, 1.165) is 28.2 Å². The molecule has 0 bridgehead atoms. The van der Waals surface area contributed by atoms with Gasteiger partial charge in [-0.2, -0.15) is 0 Å². The van der Waals surface area contributed by atoms with Gasteiger partial charge in [-0.1, -0.05) is 41.9 Å². The van der Waals surface area contributed by atoms with Crippen molar-refractivity contribution in [3.05, 3.63) is 87.2 Å². The third-order valence-electron chi connectivity index (χ3n) is 3.46. The van der Waals surface area contributed by atoms with E-state index in [9.17, 15) is 10.1 Å². The summed E-state index contributed by atoms with van der Waals surface area (Å²) in [7, 11) is 0. The number of hydrogen-bond acceptors (Lipinski definition) is 2. The van der Waals surface area contributed by atoms with E-state index in [-0.39, 0.29) is 0 Å². The molecule has 1 aromatic heterocycles. The van der Waals surface area contributed by atoms with Crippen molar-refractivity contribution in [1.82, 2.24) is 4.57 Å². The summed E-state index contributed by atoms with van der Waals surface area (Å²) in [6, 6.07) is 15.5. The van der Waals surface area contributed by atoms with Gasteiger partial charge < -0.3 is 4.57 Å². The number of nitro groups is 1. The fraction of sp³-hybridized carbons (Fsp3) is 0.0588. The second kappa shape index (κ2) is 6.03. The highest BCUT2D eigenvalue weighted by Gasteiger charge is 2.07. The van der Waals surface area contributed by atoms with Gasteiger partial charge in [0.2, 0.25) is 6.20 Å². The van der Waals surface area contributed by atoms with E-state index in [2.05, 4.69) is 4.57 Å². The molecule has 4 nitrogen and oxygen atoms in total. The van der Waals surface area contributed by atoms with Crippen LogP contribution in [0.15, 0.2) is 60.9 Å². The summed E-state index contributed by atoms with van der Waals surface area (Å²) >= 11 is 5.90. The zero-order chi connectivity index (χ0) is 15.5. The number of para-hydroxylation sites is 1. The highest BCUT2D eigenvalue weighted by molar-refractivity contribution is 6.30. The van der Waals surface area contributed by atoms with Gasteiger partial charge in [0, 0.05) is 40.3 Å². The lowest BCUT2D eigenvalue weighted by atomic mass is 10.2. The fourth-order valence-corrected chi connectivity index (χ4v) is 2.59. The molecule has 2 aromatic carbocycles. The Morgan fingerprint density at radius 1 is 1.14 bits per heavy atom. The Labute approximate surface area is 132 Å². The highest BCUT2D eigenvalue weighted by Crippen LogP contribution is 2.24. The molecule has 110 valence electrons. The predicted octanol–water partition coefficient (Wildman–Crippen LogP) is 4.59. The van der Waals surface area contributed by atoms with Gasteiger partial charge >= 0.3 is 0 Å². The molecular formula is C17H13ClN2O2. The van der Waals surface area contributed by atoms with Crippen LogP contribution in [0.3, 0.4) is 0 Å². The number of nitrogens with zero attached hydrogens (tertiary/aromatic N) is 2. The smallest absolute Gasteiger partial charge is 0.235 e. The molecule has 0 atom stereocenters. The quantitative estimate of drug-likeness (QED) is 0.522. The van der Waals surface area contributed by atoms with Crippen LogP contribution in [0.2, 0.25) is 5.02 Å². The maximum atomic E-state index is 10.5. The van der Waals surface area contributed by atoms with Crippen LogP contribution in [0.4, 0.5) is 0 Å². The Morgan fingerprint density at radius 2 is 1.86 bits per heavy atom. The van der Waals surface area contributed by atoms with Crippen molar-refractivity contribution in [2.24, 2.45) is 0 Å². The fourth-order valence-electron chi connectivity index (χ4n) is 2.47. The first-order valence-corrected chi connectivity index (χ1v) is 7.15. The van der Waals surface area contributed by atoms with Gasteiger partial charge in [0.1, 0.15) is 0 Å². The lowest BCUT2D eigenvalue weighted by molar-refractivity contribution is -0.400. The number of aromatic nitrogens is 1. The highest BCUT2D eigenvalue weighted by atomic mass is 35.5. The molecule has 1 heterocycles. The van der Waals surface area contributed by atoms with Crippen molar-refractivity contribution >= 4 is 28.6 Å². The molecule has 5 heteroatoms. The Morgan fingerprint density at radius 3 is 2.59 bits per heavy atom. The van der Waals surface area contributed by atoms with Crippen molar-refractivity contribution in [3.8, 4) is 0 Å². The number of benzene rings is 2. The lowest BCUT2D eigenvalue weighted by Gasteiger charge is -2.05. The second-order valence-electron chi connectivity index (χ2n) is 4.96. The van der Waals surface area contributed by atoms with Crippen LogP contribution >= 0.6 is 11.6 Å². The van der Waals surface area contributed by atoms with E-state index in [4.69, 9.17) is 11.6 Å². The minimum absolute atomic E-state index is 0.453. The second-order valence-corrected chi connectivity index (χ2v) is 5.39. The van der Waals surface area contributed by atoms with E-state index in [1.54, 1.807) is 0 Å². The van der Waals surface area contributed by atoms with Crippen LogP contribution in [0, 0.1) is 10.1 Å². The van der Waals surface area contributed by atoms with Crippen molar-refractivity contribution in [1.29, 1.82) is 0 Å². The van der Waals surface area contributed by atoms with E-state index < -0.39 is 4.92 Å². The summed E-state index contributed by atoms with van der Waals surface area (Å²) in [5, 5.41) is 12.2. The SMILES string of the molecule is O=[N+]([O-])/C=C/c1cn(Cc2ccc(Cl)cc2)c2ccccc12. The number of halogens is 1. The molecule has 0 aliphatic carbocycles. The zero-order valence-corrected chi connectivity index (χ0v) is 12.4. The maximum absolute atomic E-state index is 10.5. The summed E-state index contributed by atoms with van der Waals surface area (Å²) in [6.45, 7) is 0.685. The summed E-state index contributed by atoms with van der Waals surface area (Å²) < 4.78 is 2.08. The Kier molecular flexibility index (Phi) is 3.94. The first-order valence-electron chi connectivity index (χ1n) is 6.77. The van der Waals surface area contributed by atoms with Gasteiger partial charge in [-0.15, -0.1) is 0 Å². The molecule has 0 radical (unpaired) electrons. The van der Waals surface area contributed by atoms with Gasteiger partial charge in [0.15, 0.2) is 0 Å². The maximum Gasteiger partial charge on any atom is 0.235 e. The zero-order valence-electron chi connectivity index (χ0n) is 11.6. The average molecular weight is 313 g/mol. The van der Waals surface area contributed by atoms with Crippen LogP contribution in [0.5, 0.6) is 0 Å². The van der Waals surface area contributed by atoms with E-state index in [0.29, 0.717) is 11.6 Å². The molecule has 3 rings (SSSR count). The Hall–Kier alpha value is -2.59. The molecular weight excluding hydrogens is 300 g/mol. The van der Waals surface area contributed by atoms with Crippen molar-refractivity contribution < 1.29 is 4.92 Å². The Bertz CT molecular complexity index is 851. The van der Waals surface area contributed by atoms with Crippen molar-refractivity contribution in [3.63, 3.8) is 0 Å². The minimum Gasteiger partial charge on any atom is -0.342 e. The minimum atomic E-state index is -0.453. The lowest BCUT2D eigenvalue weighted by Crippen LogP contribution is -1.97. The molecule has 0 fully saturated rings. The Balaban J connectivity index is 2.02. The normalized spacial score (nSPS) is 11.3. The molecule has 3 aromatic rings. The summed E-state index contributed by atoms with van der Waals surface area (Å²) in [4.78, 5) is 10.1. The van der Waals surface area contributed by atoms with E-state index in [1.165, 1.54) is 6.08 Å². The molecule has 0 amide bonds. The summed E-state index contributed by atoms with van der Waals surface area (Å²) in [5.74, 6) is 0. The van der Waals surface area contributed by atoms with Crippen molar-refractivity contribution in [2.45, 2.75) is 6.54 Å². The van der Waals surface area contributed by atoms with Gasteiger partial charge in [0.25, 0.3) is 0 Å². The molecule has 0 unspecified atom stereocenters. The van der Waals surface area contributed by atoms with Crippen LogP contribution in [0.25, 0.3) is 17.0 Å².